The van der Waals surface area contributed by atoms with Crippen molar-refractivity contribution >= 4 is 56.4 Å². The molecule has 0 aliphatic heterocycles. The molecule has 0 saturated heterocycles. The monoisotopic (exact) mass is 511 g/mol. The summed E-state index contributed by atoms with van der Waals surface area (Å²) in [4.78, 5) is 13.1. The van der Waals surface area contributed by atoms with E-state index in [-0.39, 0.29) is 11.8 Å². The lowest BCUT2D eigenvalue weighted by molar-refractivity contribution is 0.0976. The van der Waals surface area contributed by atoms with Crippen LogP contribution >= 0.6 is 34.2 Å². The van der Waals surface area contributed by atoms with Crippen LogP contribution in [0.1, 0.15) is 28.4 Å². The van der Waals surface area contributed by atoms with Gasteiger partial charge in [-0.25, -0.2) is 0 Å². The molecule has 0 saturated carbocycles. The van der Waals surface area contributed by atoms with E-state index < -0.39 is 0 Å². The van der Waals surface area contributed by atoms with Gasteiger partial charge in [0.05, 0.1) is 6.04 Å². The van der Waals surface area contributed by atoms with E-state index >= 15 is 0 Å². The summed E-state index contributed by atoms with van der Waals surface area (Å²) in [5.41, 5.74) is 2.74. The molecule has 0 spiro atoms. The van der Waals surface area contributed by atoms with Gasteiger partial charge in [-0.3, -0.25) is 4.79 Å². The van der Waals surface area contributed by atoms with Gasteiger partial charge < -0.3 is 5.32 Å². The number of hydrogen-bond donors (Lipinski definition) is 1. The molecular weight excluding hydrogens is 493 g/mol. The molecule has 144 valence electrons. The molecule has 0 heterocycles. The highest BCUT2D eigenvalue weighted by Crippen LogP contribution is 2.27. The first-order chi connectivity index (χ1) is 14.1. The van der Waals surface area contributed by atoms with Crippen LogP contribution in [0.2, 0.25) is 5.02 Å². The Morgan fingerprint density at radius 2 is 1.55 bits per heavy atom. The highest BCUT2D eigenvalue weighted by molar-refractivity contribution is 14.1. The number of hydrogen-bond acceptors (Lipinski definition) is 2. The maximum absolute atomic E-state index is 13.1. The third kappa shape index (κ3) is 4.98. The zero-order valence-electron chi connectivity index (χ0n) is 15.6. The average Bonchev–Trinajstić information content (AvgIpc) is 2.75. The van der Waals surface area contributed by atoms with Crippen LogP contribution in [-0.2, 0) is 0 Å². The fourth-order valence-electron chi connectivity index (χ4n) is 3.36. The fourth-order valence-corrected chi connectivity index (χ4v) is 3.85. The second-order valence-corrected chi connectivity index (χ2v) is 8.63. The SMILES string of the molecule is O=C(CC(Nc1ccc(I)cc1)c1ccc(Cl)cc1)c1ccc2ccccc2c1. The molecule has 0 bridgehead atoms. The number of fused-ring (bicyclic) bond motifs is 1. The quantitative estimate of drug-likeness (QED) is 0.214. The fraction of sp³-hybridized carbons (Fsp3) is 0.0800. The summed E-state index contributed by atoms with van der Waals surface area (Å²) in [6.45, 7) is 0. The van der Waals surface area contributed by atoms with Crippen LogP contribution in [0.3, 0.4) is 0 Å². The molecule has 1 N–H and O–H groups in total. The second kappa shape index (κ2) is 8.97. The highest BCUT2D eigenvalue weighted by Gasteiger charge is 2.18. The highest BCUT2D eigenvalue weighted by atomic mass is 127. The number of Topliss-reactive ketones (excluding diaryl/α,β-unsaturated/α-hetero) is 1. The van der Waals surface area contributed by atoms with Crippen LogP contribution in [0.25, 0.3) is 10.8 Å². The number of rotatable bonds is 6. The van der Waals surface area contributed by atoms with Crippen molar-refractivity contribution in [3.05, 3.63) is 111 Å². The van der Waals surface area contributed by atoms with Crippen molar-refractivity contribution in [2.75, 3.05) is 5.32 Å². The Labute approximate surface area is 189 Å². The third-order valence-electron chi connectivity index (χ3n) is 4.92. The van der Waals surface area contributed by atoms with Gasteiger partial charge in [0.1, 0.15) is 0 Å². The molecule has 0 radical (unpaired) electrons. The number of halogens is 2. The van der Waals surface area contributed by atoms with Crippen molar-refractivity contribution in [1.82, 2.24) is 0 Å². The Balaban J connectivity index is 1.61. The normalized spacial score (nSPS) is 11.9. The number of ketones is 1. The Morgan fingerprint density at radius 1 is 0.862 bits per heavy atom. The summed E-state index contributed by atoms with van der Waals surface area (Å²) in [5.74, 6) is 0.105. The maximum Gasteiger partial charge on any atom is 0.165 e. The average molecular weight is 512 g/mol. The standard InChI is InChI=1S/C25H19ClINO/c26-21-9-7-18(8-10-21)24(28-23-13-11-22(27)12-14-23)16-25(29)20-6-5-17-3-1-2-4-19(17)15-20/h1-15,24,28H,16H2. The topological polar surface area (TPSA) is 29.1 Å². The molecule has 0 fully saturated rings. The van der Waals surface area contributed by atoms with Crippen LogP contribution in [0.5, 0.6) is 0 Å². The van der Waals surface area contributed by atoms with Gasteiger partial charge in [-0.1, -0.05) is 60.1 Å². The number of nitrogens with one attached hydrogen (secondary N) is 1. The summed E-state index contributed by atoms with van der Waals surface area (Å²) >= 11 is 8.35. The lowest BCUT2D eigenvalue weighted by Crippen LogP contribution is -2.16. The third-order valence-corrected chi connectivity index (χ3v) is 5.89. The Kier molecular flexibility index (Phi) is 6.16. The van der Waals surface area contributed by atoms with Gasteiger partial charge >= 0.3 is 0 Å². The van der Waals surface area contributed by atoms with E-state index in [4.69, 9.17) is 11.6 Å². The van der Waals surface area contributed by atoms with Gasteiger partial charge in [-0.15, -0.1) is 0 Å². The number of carbonyl (C=O) groups is 1. The van der Waals surface area contributed by atoms with Gasteiger partial charge in [0.15, 0.2) is 5.78 Å². The number of carbonyl (C=O) groups excluding carboxylic acids is 1. The van der Waals surface area contributed by atoms with Crippen molar-refractivity contribution in [3.63, 3.8) is 0 Å². The van der Waals surface area contributed by atoms with Crippen molar-refractivity contribution in [1.29, 1.82) is 0 Å². The smallest absolute Gasteiger partial charge is 0.165 e. The minimum atomic E-state index is -0.147. The summed E-state index contributed by atoms with van der Waals surface area (Å²) in [5, 5.41) is 6.41. The predicted molar refractivity (Wildman–Crippen MR) is 130 cm³/mol. The van der Waals surface area contributed by atoms with Crippen LogP contribution < -0.4 is 5.32 Å². The summed E-state index contributed by atoms with van der Waals surface area (Å²) < 4.78 is 1.17. The molecule has 4 aromatic rings. The van der Waals surface area contributed by atoms with E-state index in [1.54, 1.807) is 0 Å². The number of anilines is 1. The van der Waals surface area contributed by atoms with E-state index in [0.717, 1.165) is 27.6 Å². The molecular formula is C25H19ClINO. The minimum Gasteiger partial charge on any atom is -0.378 e. The Hall–Kier alpha value is -2.37. The molecule has 0 aromatic heterocycles. The van der Waals surface area contributed by atoms with E-state index in [2.05, 4.69) is 34.0 Å². The summed E-state index contributed by atoms with van der Waals surface area (Å²) in [6.07, 6.45) is 0.353. The van der Waals surface area contributed by atoms with Crippen molar-refractivity contribution in [2.45, 2.75) is 12.5 Å². The largest absolute Gasteiger partial charge is 0.378 e. The van der Waals surface area contributed by atoms with E-state index in [9.17, 15) is 4.79 Å². The van der Waals surface area contributed by atoms with Crippen molar-refractivity contribution in [2.24, 2.45) is 0 Å². The van der Waals surface area contributed by atoms with Gasteiger partial charge in [0.25, 0.3) is 0 Å². The lowest BCUT2D eigenvalue weighted by Gasteiger charge is -2.20. The minimum absolute atomic E-state index is 0.105. The molecule has 1 atom stereocenters. The molecule has 4 heteroatoms. The second-order valence-electron chi connectivity index (χ2n) is 6.94. The zero-order valence-corrected chi connectivity index (χ0v) is 18.5. The van der Waals surface area contributed by atoms with E-state index in [1.807, 2.05) is 84.9 Å². The Bertz CT molecular complexity index is 1140. The predicted octanol–water partition coefficient (Wildman–Crippen LogP) is 7.52. The first-order valence-corrected chi connectivity index (χ1v) is 10.8. The molecule has 2 nitrogen and oxygen atoms in total. The van der Waals surface area contributed by atoms with E-state index in [1.165, 1.54) is 3.57 Å². The first kappa shape index (κ1) is 19.9. The van der Waals surface area contributed by atoms with Crippen molar-refractivity contribution in [3.8, 4) is 0 Å². The van der Waals surface area contributed by atoms with Gasteiger partial charge in [-0.2, -0.15) is 0 Å². The molecule has 1 unspecified atom stereocenters. The van der Waals surface area contributed by atoms with E-state index in [0.29, 0.717) is 11.4 Å². The lowest BCUT2D eigenvalue weighted by atomic mass is 9.96. The van der Waals surface area contributed by atoms with Crippen LogP contribution in [0, 0.1) is 3.57 Å². The van der Waals surface area contributed by atoms with Crippen LogP contribution in [-0.4, -0.2) is 5.78 Å². The number of benzene rings is 4. The zero-order chi connectivity index (χ0) is 20.2. The Morgan fingerprint density at radius 3 is 2.28 bits per heavy atom. The molecule has 4 aromatic carbocycles. The first-order valence-electron chi connectivity index (χ1n) is 9.38. The van der Waals surface area contributed by atoms with Gasteiger partial charge in [0.2, 0.25) is 0 Å². The molecule has 0 aliphatic rings. The van der Waals surface area contributed by atoms with Crippen LogP contribution in [0.15, 0.2) is 91.0 Å². The summed E-state index contributed by atoms with van der Waals surface area (Å²) in [7, 11) is 0. The van der Waals surface area contributed by atoms with Crippen LogP contribution in [0.4, 0.5) is 5.69 Å². The molecule has 0 aliphatic carbocycles. The maximum atomic E-state index is 13.1. The molecule has 29 heavy (non-hydrogen) atoms. The molecule has 4 rings (SSSR count). The van der Waals surface area contributed by atoms with Gasteiger partial charge in [0, 0.05) is 26.3 Å². The van der Waals surface area contributed by atoms with Crippen molar-refractivity contribution < 1.29 is 4.79 Å². The summed E-state index contributed by atoms with van der Waals surface area (Å²) in [6, 6.07) is 29.7. The van der Waals surface area contributed by atoms with Gasteiger partial charge in [-0.05, 0) is 81.4 Å². The molecule has 0 amide bonds.